The van der Waals surface area contributed by atoms with Crippen molar-refractivity contribution in [1.29, 1.82) is 0 Å². The van der Waals surface area contributed by atoms with Crippen molar-refractivity contribution in [3.63, 3.8) is 0 Å². The molecule has 1 amide bonds. The van der Waals surface area contributed by atoms with Crippen molar-refractivity contribution in [3.05, 3.63) is 90.6 Å². The topological polar surface area (TPSA) is 99.0 Å². The number of esters is 1. The van der Waals surface area contributed by atoms with Gasteiger partial charge in [0.05, 0.1) is 35.1 Å². The molecule has 0 aliphatic carbocycles. The van der Waals surface area contributed by atoms with Gasteiger partial charge in [-0.05, 0) is 62.2 Å². The molecule has 2 heterocycles. The summed E-state index contributed by atoms with van der Waals surface area (Å²) < 4.78 is 12.9. The summed E-state index contributed by atoms with van der Waals surface area (Å²) in [5, 5.41) is 2.72. The van der Waals surface area contributed by atoms with Crippen LogP contribution >= 0.6 is 11.3 Å². The fourth-order valence-corrected chi connectivity index (χ4v) is 5.08. The van der Waals surface area contributed by atoms with Crippen molar-refractivity contribution < 1.29 is 19.1 Å². The first-order valence-electron chi connectivity index (χ1n) is 11.6. The monoisotopic (exact) mass is 505 g/mol. The van der Waals surface area contributed by atoms with Crippen molar-refractivity contribution in [2.75, 3.05) is 18.5 Å². The van der Waals surface area contributed by atoms with Crippen LogP contribution < -0.4 is 24.9 Å². The number of thiazole rings is 1. The molecule has 9 heteroatoms. The van der Waals surface area contributed by atoms with Crippen LogP contribution in [0.4, 0.5) is 5.69 Å². The molecule has 3 aromatic rings. The maximum Gasteiger partial charge on any atom is 0.338 e. The minimum atomic E-state index is -0.680. The zero-order valence-electron chi connectivity index (χ0n) is 20.5. The van der Waals surface area contributed by atoms with Gasteiger partial charge in [0.25, 0.3) is 5.56 Å². The van der Waals surface area contributed by atoms with Gasteiger partial charge in [-0.25, -0.2) is 9.79 Å². The van der Waals surface area contributed by atoms with Crippen LogP contribution in [-0.2, 0) is 14.3 Å². The molecule has 2 aromatic carbocycles. The first-order chi connectivity index (χ1) is 17.3. The smallest absolute Gasteiger partial charge is 0.338 e. The average Bonchev–Trinajstić information content (AvgIpc) is 3.14. The number of amides is 1. The number of carbonyl (C=O) groups is 2. The van der Waals surface area contributed by atoms with Crippen LogP contribution in [0.15, 0.2) is 69.6 Å². The van der Waals surface area contributed by atoms with E-state index in [9.17, 15) is 14.4 Å². The Hall–Kier alpha value is -3.98. The summed E-state index contributed by atoms with van der Waals surface area (Å²) in [6.07, 6.45) is 1.78. The van der Waals surface area contributed by atoms with Crippen molar-refractivity contribution in [3.8, 4) is 5.75 Å². The highest BCUT2D eigenvalue weighted by molar-refractivity contribution is 7.07. The highest BCUT2D eigenvalue weighted by Crippen LogP contribution is 2.31. The third-order valence-electron chi connectivity index (χ3n) is 5.55. The van der Waals surface area contributed by atoms with Gasteiger partial charge in [0, 0.05) is 12.6 Å². The first kappa shape index (κ1) is 25.1. The Bertz CT molecular complexity index is 1500. The Balaban J connectivity index is 1.84. The van der Waals surface area contributed by atoms with Crippen molar-refractivity contribution >= 4 is 35.0 Å². The van der Waals surface area contributed by atoms with Crippen LogP contribution in [0.5, 0.6) is 5.75 Å². The van der Waals surface area contributed by atoms with Crippen LogP contribution in [0, 0.1) is 0 Å². The lowest BCUT2D eigenvalue weighted by Gasteiger charge is -2.24. The summed E-state index contributed by atoms with van der Waals surface area (Å²) in [6, 6.07) is 13.9. The molecule has 186 valence electrons. The number of aromatic nitrogens is 1. The Kier molecular flexibility index (Phi) is 7.49. The molecule has 0 saturated carbocycles. The SMILES string of the molecule is CCOC(=O)C1=C(C)N=c2sc(=Cc3ccc(NC(C)=O)cc3)c(=O)n2C1c1ccc(OCC)cc1. The fraction of sp³-hybridized carbons (Fsp3) is 0.259. The summed E-state index contributed by atoms with van der Waals surface area (Å²) in [7, 11) is 0. The van der Waals surface area contributed by atoms with Crippen LogP contribution in [0.1, 0.15) is 44.9 Å². The molecule has 1 aliphatic rings. The third kappa shape index (κ3) is 5.16. The lowest BCUT2D eigenvalue weighted by Crippen LogP contribution is -2.39. The Morgan fingerprint density at radius 3 is 2.39 bits per heavy atom. The zero-order chi connectivity index (χ0) is 25.8. The van der Waals surface area contributed by atoms with Crippen molar-refractivity contribution in [2.45, 2.75) is 33.7 Å². The van der Waals surface area contributed by atoms with E-state index in [0.29, 0.717) is 38.6 Å². The molecule has 1 N–H and O–H groups in total. The molecule has 0 fully saturated rings. The van der Waals surface area contributed by atoms with Crippen LogP contribution in [0.2, 0.25) is 0 Å². The third-order valence-corrected chi connectivity index (χ3v) is 6.54. The van der Waals surface area contributed by atoms with Gasteiger partial charge in [0.15, 0.2) is 4.80 Å². The first-order valence-corrected chi connectivity index (χ1v) is 12.4. The largest absolute Gasteiger partial charge is 0.494 e. The normalized spacial score (nSPS) is 15.2. The van der Waals surface area contributed by atoms with E-state index >= 15 is 0 Å². The molecule has 0 radical (unpaired) electrons. The molecule has 1 aliphatic heterocycles. The number of rotatable bonds is 7. The summed E-state index contributed by atoms with van der Waals surface area (Å²) in [5.41, 5.74) is 2.82. The molecule has 1 unspecified atom stereocenters. The van der Waals surface area contributed by atoms with E-state index in [0.717, 1.165) is 11.1 Å². The number of fused-ring (bicyclic) bond motifs is 1. The van der Waals surface area contributed by atoms with Crippen molar-refractivity contribution in [1.82, 2.24) is 4.57 Å². The van der Waals surface area contributed by atoms with E-state index < -0.39 is 12.0 Å². The molecule has 36 heavy (non-hydrogen) atoms. The second kappa shape index (κ2) is 10.7. The molecule has 0 saturated heterocycles. The Morgan fingerprint density at radius 1 is 1.08 bits per heavy atom. The number of hydrogen-bond donors (Lipinski definition) is 1. The van der Waals surface area contributed by atoms with Crippen LogP contribution in [-0.4, -0.2) is 29.7 Å². The second-order valence-electron chi connectivity index (χ2n) is 8.11. The lowest BCUT2D eigenvalue weighted by molar-refractivity contribution is -0.139. The zero-order valence-corrected chi connectivity index (χ0v) is 21.3. The minimum absolute atomic E-state index is 0.155. The molecule has 1 atom stereocenters. The summed E-state index contributed by atoms with van der Waals surface area (Å²) in [4.78, 5) is 43.0. The lowest BCUT2D eigenvalue weighted by atomic mass is 9.96. The number of allylic oxidation sites excluding steroid dienone is 1. The van der Waals surface area contributed by atoms with Gasteiger partial charge < -0.3 is 14.8 Å². The molecule has 0 bridgehead atoms. The van der Waals surface area contributed by atoms with E-state index in [-0.39, 0.29) is 18.1 Å². The standard InChI is InChI=1S/C27H27N3O5S/c1-5-34-21-13-9-19(10-14-21)24-23(26(33)35-6-2)16(3)28-27-30(24)25(32)22(36-27)15-18-7-11-20(12-8-18)29-17(4)31/h7-15,24H,5-6H2,1-4H3,(H,29,31). The van der Waals surface area contributed by atoms with Gasteiger partial charge in [-0.2, -0.15) is 0 Å². The fourth-order valence-electron chi connectivity index (χ4n) is 4.04. The number of carbonyl (C=O) groups excluding carboxylic acids is 2. The molecule has 8 nitrogen and oxygen atoms in total. The average molecular weight is 506 g/mol. The van der Waals surface area contributed by atoms with Gasteiger partial charge in [0.2, 0.25) is 5.91 Å². The van der Waals surface area contributed by atoms with Gasteiger partial charge in [-0.1, -0.05) is 35.6 Å². The van der Waals surface area contributed by atoms with Gasteiger partial charge in [-0.15, -0.1) is 0 Å². The predicted molar refractivity (Wildman–Crippen MR) is 139 cm³/mol. The number of nitrogens with zero attached hydrogens (tertiary/aromatic N) is 2. The van der Waals surface area contributed by atoms with E-state index in [2.05, 4.69) is 10.3 Å². The Labute approximate surface area is 212 Å². The number of benzene rings is 2. The summed E-state index contributed by atoms with van der Waals surface area (Å²) in [5.74, 6) is 0.0494. The van der Waals surface area contributed by atoms with Crippen LogP contribution in [0.3, 0.4) is 0 Å². The highest BCUT2D eigenvalue weighted by atomic mass is 32.1. The van der Waals surface area contributed by atoms with Gasteiger partial charge >= 0.3 is 5.97 Å². The number of nitrogens with one attached hydrogen (secondary N) is 1. The van der Waals surface area contributed by atoms with Crippen LogP contribution in [0.25, 0.3) is 6.08 Å². The molecule has 1 aromatic heterocycles. The second-order valence-corrected chi connectivity index (χ2v) is 9.12. The highest BCUT2D eigenvalue weighted by Gasteiger charge is 2.33. The number of hydrogen-bond acceptors (Lipinski definition) is 7. The molecular formula is C27H27N3O5S. The van der Waals surface area contributed by atoms with E-state index in [1.165, 1.54) is 18.3 Å². The summed E-state index contributed by atoms with van der Waals surface area (Å²) in [6.45, 7) is 7.60. The Morgan fingerprint density at radius 2 is 1.78 bits per heavy atom. The number of ether oxygens (including phenoxy) is 2. The van der Waals surface area contributed by atoms with E-state index in [1.54, 1.807) is 36.6 Å². The van der Waals surface area contributed by atoms with E-state index in [1.807, 2.05) is 43.3 Å². The van der Waals surface area contributed by atoms with Gasteiger partial charge in [0.1, 0.15) is 5.75 Å². The molecular weight excluding hydrogens is 478 g/mol. The molecule has 0 spiro atoms. The maximum absolute atomic E-state index is 13.6. The van der Waals surface area contributed by atoms with E-state index in [4.69, 9.17) is 9.47 Å². The number of anilines is 1. The minimum Gasteiger partial charge on any atom is -0.494 e. The molecule has 4 rings (SSSR count). The predicted octanol–water partition coefficient (Wildman–Crippen LogP) is 3.16. The quantitative estimate of drug-likeness (QED) is 0.498. The van der Waals surface area contributed by atoms with Crippen molar-refractivity contribution in [2.24, 2.45) is 4.99 Å². The summed E-state index contributed by atoms with van der Waals surface area (Å²) >= 11 is 1.26. The van der Waals surface area contributed by atoms with Gasteiger partial charge in [-0.3, -0.25) is 14.2 Å². The maximum atomic E-state index is 13.6.